The van der Waals surface area contributed by atoms with E-state index in [0.29, 0.717) is 16.4 Å². The fourth-order valence-electron chi connectivity index (χ4n) is 1.43. The van der Waals surface area contributed by atoms with Crippen LogP contribution < -0.4 is 17.0 Å². The van der Waals surface area contributed by atoms with Crippen molar-refractivity contribution in [1.82, 2.24) is 15.4 Å². The molecule has 2 rings (SSSR count). The van der Waals surface area contributed by atoms with Crippen molar-refractivity contribution in [2.24, 2.45) is 5.84 Å². The zero-order valence-electron chi connectivity index (χ0n) is 10.3. The molecule has 1 amide bonds. The summed E-state index contributed by atoms with van der Waals surface area (Å²) in [5.74, 6) is 5.10. The monoisotopic (exact) mass is 293 g/mol. The van der Waals surface area contributed by atoms with Gasteiger partial charge in [0.05, 0.1) is 5.75 Å². The van der Waals surface area contributed by atoms with Gasteiger partial charge in [-0.25, -0.2) is 20.2 Å². The number of nitrogens with zero attached hydrogens (tertiary/aromatic N) is 2. The highest BCUT2D eigenvalue weighted by molar-refractivity contribution is 7.99. The molecule has 0 fully saturated rings. The van der Waals surface area contributed by atoms with Gasteiger partial charge in [-0.05, 0) is 24.3 Å². The van der Waals surface area contributed by atoms with Crippen LogP contribution in [0.1, 0.15) is 0 Å². The van der Waals surface area contributed by atoms with Gasteiger partial charge in [-0.1, -0.05) is 11.8 Å². The van der Waals surface area contributed by atoms with Crippen molar-refractivity contribution >= 4 is 23.5 Å². The Labute approximate surface area is 118 Å². The number of benzene rings is 1. The fourth-order valence-corrected chi connectivity index (χ4v) is 2.14. The standard InChI is InChI=1S/C12H12FN5OS/c13-8-3-1-7(2-4-8)12-16-9(14)5-11(17-12)20-6-10(19)18-15/h1-5H,6,15H2,(H,18,19)(H2,14,16,17). The van der Waals surface area contributed by atoms with Crippen molar-refractivity contribution < 1.29 is 9.18 Å². The van der Waals surface area contributed by atoms with Crippen molar-refractivity contribution in [3.8, 4) is 11.4 Å². The molecule has 1 aromatic heterocycles. The van der Waals surface area contributed by atoms with Gasteiger partial charge in [0.15, 0.2) is 5.82 Å². The Balaban J connectivity index is 2.24. The second kappa shape index (κ2) is 6.31. The van der Waals surface area contributed by atoms with Gasteiger partial charge in [-0.3, -0.25) is 10.2 Å². The number of amides is 1. The summed E-state index contributed by atoms with van der Waals surface area (Å²) in [5.41, 5.74) is 8.37. The van der Waals surface area contributed by atoms with Gasteiger partial charge in [-0.2, -0.15) is 0 Å². The topological polar surface area (TPSA) is 107 Å². The van der Waals surface area contributed by atoms with Crippen LogP contribution in [0.4, 0.5) is 10.2 Å². The van der Waals surface area contributed by atoms with Crippen LogP contribution in [0.25, 0.3) is 11.4 Å². The number of nitrogens with one attached hydrogen (secondary N) is 1. The smallest absolute Gasteiger partial charge is 0.244 e. The first-order valence-corrected chi connectivity index (χ1v) is 6.60. The number of hydrogen-bond donors (Lipinski definition) is 3. The van der Waals surface area contributed by atoms with E-state index in [4.69, 9.17) is 11.6 Å². The Bertz CT molecular complexity index is 620. The van der Waals surface area contributed by atoms with Crippen LogP contribution in [-0.2, 0) is 4.79 Å². The Kier molecular flexibility index (Phi) is 4.49. The first-order chi connectivity index (χ1) is 9.58. The van der Waals surface area contributed by atoms with Crippen LogP contribution in [0.2, 0.25) is 0 Å². The summed E-state index contributed by atoms with van der Waals surface area (Å²) < 4.78 is 12.9. The number of halogens is 1. The molecule has 8 heteroatoms. The molecule has 0 saturated heterocycles. The number of thioether (sulfide) groups is 1. The van der Waals surface area contributed by atoms with Gasteiger partial charge in [0.1, 0.15) is 16.7 Å². The molecule has 0 spiro atoms. The highest BCUT2D eigenvalue weighted by Gasteiger charge is 2.08. The molecular weight excluding hydrogens is 281 g/mol. The van der Waals surface area contributed by atoms with Crippen LogP contribution >= 0.6 is 11.8 Å². The summed E-state index contributed by atoms with van der Waals surface area (Å²) in [6.45, 7) is 0. The van der Waals surface area contributed by atoms with Crippen LogP contribution in [0.5, 0.6) is 0 Å². The minimum atomic E-state index is -0.341. The SMILES string of the molecule is NNC(=O)CSc1cc(N)nc(-c2ccc(F)cc2)n1. The molecule has 0 radical (unpaired) electrons. The van der Waals surface area contributed by atoms with E-state index < -0.39 is 0 Å². The first kappa shape index (κ1) is 14.2. The molecule has 0 aliphatic heterocycles. The summed E-state index contributed by atoms with van der Waals surface area (Å²) in [5, 5.41) is 0.542. The number of carbonyl (C=O) groups is 1. The molecule has 0 bridgehead atoms. The summed E-state index contributed by atoms with van der Waals surface area (Å²) in [7, 11) is 0. The lowest BCUT2D eigenvalue weighted by Gasteiger charge is -2.05. The van der Waals surface area contributed by atoms with Crippen molar-refractivity contribution in [3.63, 3.8) is 0 Å². The predicted octanol–water partition coefficient (Wildman–Crippen LogP) is 0.947. The molecule has 2 aromatic rings. The van der Waals surface area contributed by atoms with Crippen molar-refractivity contribution in [1.29, 1.82) is 0 Å². The lowest BCUT2D eigenvalue weighted by atomic mass is 10.2. The summed E-state index contributed by atoms with van der Waals surface area (Å²) in [6.07, 6.45) is 0. The van der Waals surface area contributed by atoms with Crippen molar-refractivity contribution in [3.05, 3.63) is 36.1 Å². The highest BCUT2D eigenvalue weighted by Crippen LogP contribution is 2.22. The molecule has 20 heavy (non-hydrogen) atoms. The van der Waals surface area contributed by atoms with Crippen LogP contribution in [0, 0.1) is 5.82 Å². The lowest BCUT2D eigenvalue weighted by molar-refractivity contribution is -0.118. The summed E-state index contributed by atoms with van der Waals surface area (Å²) in [4.78, 5) is 19.4. The number of aromatic nitrogens is 2. The molecule has 0 saturated carbocycles. The zero-order valence-corrected chi connectivity index (χ0v) is 11.2. The molecular formula is C12H12FN5OS. The van der Waals surface area contributed by atoms with E-state index in [9.17, 15) is 9.18 Å². The average Bonchev–Trinajstić information content (AvgIpc) is 2.45. The molecule has 5 N–H and O–H groups in total. The number of nitrogen functional groups attached to an aromatic ring is 1. The summed E-state index contributed by atoms with van der Waals surface area (Å²) >= 11 is 1.18. The number of hydrogen-bond acceptors (Lipinski definition) is 6. The Hall–Kier alpha value is -2.19. The maximum atomic E-state index is 12.9. The van der Waals surface area contributed by atoms with E-state index in [1.807, 2.05) is 5.43 Å². The Morgan fingerprint density at radius 3 is 2.65 bits per heavy atom. The van der Waals surface area contributed by atoms with E-state index in [0.717, 1.165) is 0 Å². The Morgan fingerprint density at radius 1 is 1.30 bits per heavy atom. The number of carbonyl (C=O) groups excluding carboxylic acids is 1. The number of nitrogens with two attached hydrogens (primary N) is 2. The van der Waals surface area contributed by atoms with Gasteiger partial charge in [0.25, 0.3) is 0 Å². The number of hydrazine groups is 1. The number of anilines is 1. The first-order valence-electron chi connectivity index (χ1n) is 5.61. The minimum absolute atomic E-state index is 0.121. The van der Waals surface area contributed by atoms with E-state index in [2.05, 4.69) is 9.97 Å². The molecule has 0 unspecified atom stereocenters. The predicted molar refractivity (Wildman–Crippen MR) is 74.9 cm³/mol. The highest BCUT2D eigenvalue weighted by atomic mass is 32.2. The Morgan fingerprint density at radius 2 is 2.00 bits per heavy atom. The van der Waals surface area contributed by atoms with Crippen LogP contribution in [0.3, 0.4) is 0 Å². The van der Waals surface area contributed by atoms with Gasteiger partial charge in [0.2, 0.25) is 5.91 Å². The van der Waals surface area contributed by atoms with E-state index >= 15 is 0 Å². The maximum Gasteiger partial charge on any atom is 0.244 e. The molecule has 0 atom stereocenters. The second-order valence-electron chi connectivity index (χ2n) is 3.82. The van der Waals surface area contributed by atoms with E-state index in [1.165, 1.54) is 23.9 Å². The zero-order chi connectivity index (χ0) is 14.5. The van der Waals surface area contributed by atoms with Gasteiger partial charge >= 0.3 is 0 Å². The molecule has 1 aromatic carbocycles. The summed E-state index contributed by atoms with van der Waals surface area (Å²) in [6, 6.07) is 7.31. The van der Waals surface area contributed by atoms with Crippen molar-refractivity contribution in [2.75, 3.05) is 11.5 Å². The fraction of sp³-hybridized carbons (Fsp3) is 0.0833. The molecule has 0 aliphatic carbocycles. The molecule has 104 valence electrons. The van der Waals surface area contributed by atoms with E-state index in [-0.39, 0.29) is 23.3 Å². The largest absolute Gasteiger partial charge is 0.384 e. The lowest BCUT2D eigenvalue weighted by Crippen LogP contribution is -2.31. The molecule has 0 aliphatic rings. The third-order valence-corrected chi connectivity index (χ3v) is 3.25. The van der Waals surface area contributed by atoms with Gasteiger partial charge < -0.3 is 5.73 Å². The van der Waals surface area contributed by atoms with Gasteiger partial charge in [-0.15, -0.1) is 0 Å². The van der Waals surface area contributed by atoms with E-state index in [1.54, 1.807) is 18.2 Å². The molecule has 6 nitrogen and oxygen atoms in total. The second-order valence-corrected chi connectivity index (χ2v) is 4.81. The minimum Gasteiger partial charge on any atom is -0.384 e. The maximum absolute atomic E-state index is 12.9. The third-order valence-electron chi connectivity index (χ3n) is 2.34. The quantitative estimate of drug-likeness (QED) is 0.255. The normalized spacial score (nSPS) is 10.3. The molecule has 1 heterocycles. The number of rotatable bonds is 4. The van der Waals surface area contributed by atoms with Crippen LogP contribution in [0.15, 0.2) is 35.4 Å². The third kappa shape index (κ3) is 3.65. The van der Waals surface area contributed by atoms with Crippen LogP contribution in [-0.4, -0.2) is 21.6 Å². The van der Waals surface area contributed by atoms with Gasteiger partial charge in [0, 0.05) is 11.6 Å². The average molecular weight is 293 g/mol. The van der Waals surface area contributed by atoms with Crippen molar-refractivity contribution in [2.45, 2.75) is 5.03 Å².